The normalized spacial score (nSPS) is 19.9. The van der Waals surface area contributed by atoms with Gasteiger partial charge in [-0.3, -0.25) is 9.69 Å². The Labute approximate surface area is 121 Å². The van der Waals surface area contributed by atoms with E-state index in [1.54, 1.807) is 7.11 Å². The fraction of sp³-hybridized carbons (Fsp3) is 0.562. The molecule has 1 aliphatic heterocycles. The lowest BCUT2D eigenvalue weighted by molar-refractivity contribution is -0.134. The average Bonchev–Trinajstić information content (AvgIpc) is 2.48. The maximum Gasteiger partial charge on any atom is 0.222 e. The van der Waals surface area contributed by atoms with Gasteiger partial charge >= 0.3 is 0 Å². The third kappa shape index (κ3) is 3.12. The Balaban J connectivity index is 2.18. The standard InChI is InChI=1S/C16H24N2O2/c1-4-7-16(19)18-11-10-17(2)14(12-18)13-8-5-6-9-15(13)20-3/h5-6,8-9,14H,4,7,10-12H2,1-3H3. The van der Waals surface area contributed by atoms with Gasteiger partial charge in [-0.15, -0.1) is 0 Å². The molecule has 0 aromatic heterocycles. The molecule has 20 heavy (non-hydrogen) atoms. The summed E-state index contributed by atoms with van der Waals surface area (Å²) >= 11 is 0. The molecule has 1 amide bonds. The zero-order valence-corrected chi connectivity index (χ0v) is 12.6. The SMILES string of the molecule is CCCC(=O)N1CCN(C)C(c2ccccc2OC)C1. The van der Waals surface area contributed by atoms with Gasteiger partial charge in [0, 0.05) is 31.6 Å². The molecular formula is C16H24N2O2. The van der Waals surface area contributed by atoms with Gasteiger partial charge in [-0.25, -0.2) is 0 Å². The van der Waals surface area contributed by atoms with Crippen LogP contribution in [0.4, 0.5) is 0 Å². The van der Waals surface area contributed by atoms with E-state index in [1.807, 2.05) is 30.0 Å². The van der Waals surface area contributed by atoms with Gasteiger partial charge in [0.2, 0.25) is 5.91 Å². The molecular weight excluding hydrogens is 252 g/mol. The summed E-state index contributed by atoms with van der Waals surface area (Å²) in [5, 5.41) is 0. The van der Waals surface area contributed by atoms with Gasteiger partial charge in [-0.05, 0) is 19.5 Å². The largest absolute Gasteiger partial charge is 0.496 e. The molecule has 1 fully saturated rings. The number of carbonyl (C=O) groups is 1. The van der Waals surface area contributed by atoms with E-state index in [-0.39, 0.29) is 11.9 Å². The number of para-hydroxylation sites is 1. The highest BCUT2D eigenvalue weighted by Crippen LogP contribution is 2.31. The molecule has 0 spiro atoms. The van der Waals surface area contributed by atoms with E-state index < -0.39 is 0 Å². The van der Waals surface area contributed by atoms with E-state index in [0.29, 0.717) is 6.42 Å². The van der Waals surface area contributed by atoms with Crippen molar-refractivity contribution < 1.29 is 9.53 Å². The van der Waals surface area contributed by atoms with Crippen molar-refractivity contribution in [2.45, 2.75) is 25.8 Å². The van der Waals surface area contributed by atoms with Crippen LogP contribution in [0, 0.1) is 0 Å². The highest BCUT2D eigenvalue weighted by Gasteiger charge is 2.29. The Morgan fingerprint density at radius 1 is 1.35 bits per heavy atom. The number of hydrogen-bond donors (Lipinski definition) is 0. The molecule has 1 saturated heterocycles. The summed E-state index contributed by atoms with van der Waals surface area (Å²) in [6.45, 7) is 4.51. The highest BCUT2D eigenvalue weighted by molar-refractivity contribution is 5.76. The minimum atomic E-state index is 0.209. The quantitative estimate of drug-likeness (QED) is 0.846. The number of ether oxygens (including phenoxy) is 1. The average molecular weight is 276 g/mol. The fourth-order valence-corrected chi connectivity index (χ4v) is 2.75. The predicted molar refractivity (Wildman–Crippen MR) is 79.9 cm³/mol. The molecule has 4 heteroatoms. The number of rotatable bonds is 4. The first kappa shape index (κ1) is 14.9. The first-order valence-corrected chi connectivity index (χ1v) is 7.28. The summed E-state index contributed by atoms with van der Waals surface area (Å²) in [7, 11) is 3.81. The number of methoxy groups -OCH3 is 1. The minimum Gasteiger partial charge on any atom is -0.496 e. The van der Waals surface area contributed by atoms with E-state index >= 15 is 0 Å². The van der Waals surface area contributed by atoms with Crippen molar-refractivity contribution in [3.8, 4) is 5.75 Å². The van der Waals surface area contributed by atoms with Gasteiger partial charge < -0.3 is 9.64 Å². The predicted octanol–water partition coefficient (Wildman–Crippen LogP) is 2.31. The maximum absolute atomic E-state index is 12.1. The summed E-state index contributed by atoms with van der Waals surface area (Å²) in [6, 6.07) is 8.29. The lowest BCUT2D eigenvalue weighted by atomic mass is 10.0. The molecule has 0 aliphatic carbocycles. The summed E-state index contributed by atoms with van der Waals surface area (Å²) in [5.41, 5.74) is 1.16. The van der Waals surface area contributed by atoms with Gasteiger partial charge in [0.05, 0.1) is 13.2 Å². The van der Waals surface area contributed by atoms with Gasteiger partial charge in [0.25, 0.3) is 0 Å². The van der Waals surface area contributed by atoms with Crippen molar-refractivity contribution in [1.29, 1.82) is 0 Å². The molecule has 4 nitrogen and oxygen atoms in total. The van der Waals surface area contributed by atoms with Crippen LogP contribution in [0.1, 0.15) is 31.4 Å². The van der Waals surface area contributed by atoms with Crippen LogP contribution in [0.15, 0.2) is 24.3 Å². The van der Waals surface area contributed by atoms with Crippen molar-refractivity contribution in [1.82, 2.24) is 9.80 Å². The van der Waals surface area contributed by atoms with Crippen LogP contribution in [-0.2, 0) is 4.79 Å². The zero-order valence-electron chi connectivity index (χ0n) is 12.6. The van der Waals surface area contributed by atoms with Crippen LogP contribution in [-0.4, -0.2) is 49.5 Å². The molecule has 1 aliphatic rings. The lowest BCUT2D eigenvalue weighted by Gasteiger charge is -2.40. The van der Waals surface area contributed by atoms with Crippen LogP contribution in [0.5, 0.6) is 5.75 Å². The topological polar surface area (TPSA) is 32.8 Å². The highest BCUT2D eigenvalue weighted by atomic mass is 16.5. The number of carbonyl (C=O) groups excluding carboxylic acids is 1. The second-order valence-electron chi connectivity index (χ2n) is 5.33. The molecule has 1 atom stereocenters. The molecule has 0 N–H and O–H groups in total. The summed E-state index contributed by atoms with van der Waals surface area (Å²) in [5.74, 6) is 1.16. The minimum absolute atomic E-state index is 0.209. The Kier molecular flexibility index (Phi) is 5.01. The van der Waals surface area contributed by atoms with Crippen LogP contribution >= 0.6 is 0 Å². The Hall–Kier alpha value is -1.55. The molecule has 110 valence electrons. The van der Waals surface area contributed by atoms with Gasteiger partial charge in [0.1, 0.15) is 5.75 Å². The molecule has 0 bridgehead atoms. The number of amides is 1. The first-order chi connectivity index (χ1) is 9.67. The summed E-state index contributed by atoms with van der Waals surface area (Å²) < 4.78 is 5.46. The maximum atomic E-state index is 12.1. The first-order valence-electron chi connectivity index (χ1n) is 7.28. The number of nitrogens with zero attached hydrogens (tertiary/aromatic N) is 2. The third-order valence-electron chi connectivity index (χ3n) is 3.96. The zero-order chi connectivity index (χ0) is 14.5. The lowest BCUT2D eigenvalue weighted by Crippen LogP contribution is -2.49. The van der Waals surface area contributed by atoms with E-state index in [2.05, 4.69) is 18.0 Å². The van der Waals surface area contributed by atoms with Crippen LogP contribution in [0.2, 0.25) is 0 Å². The molecule has 1 unspecified atom stereocenters. The second kappa shape index (κ2) is 6.75. The van der Waals surface area contributed by atoms with Crippen LogP contribution < -0.4 is 4.74 Å². The van der Waals surface area contributed by atoms with Crippen molar-refractivity contribution in [2.24, 2.45) is 0 Å². The van der Waals surface area contributed by atoms with Gasteiger partial charge in [-0.1, -0.05) is 25.1 Å². The molecule has 1 heterocycles. The van der Waals surface area contributed by atoms with Crippen LogP contribution in [0.25, 0.3) is 0 Å². The van der Waals surface area contributed by atoms with Crippen molar-refractivity contribution in [2.75, 3.05) is 33.8 Å². The summed E-state index contributed by atoms with van der Waals surface area (Å²) in [6.07, 6.45) is 1.55. The Bertz CT molecular complexity index is 462. The smallest absolute Gasteiger partial charge is 0.222 e. The number of piperazine rings is 1. The van der Waals surface area contributed by atoms with Crippen LogP contribution in [0.3, 0.4) is 0 Å². The van der Waals surface area contributed by atoms with Crippen molar-refractivity contribution in [3.63, 3.8) is 0 Å². The van der Waals surface area contributed by atoms with Gasteiger partial charge in [-0.2, -0.15) is 0 Å². The molecule has 0 radical (unpaired) electrons. The molecule has 1 aromatic rings. The monoisotopic (exact) mass is 276 g/mol. The van der Waals surface area contributed by atoms with Gasteiger partial charge in [0.15, 0.2) is 0 Å². The van der Waals surface area contributed by atoms with E-state index in [0.717, 1.165) is 37.4 Å². The summed E-state index contributed by atoms with van der Waals surface area (Å²) in [4.78, 5) is 16.4. The molecule has 2 rings (SSSR count). The number of likely N-dealkylation sites (N-methyl/N-ethyl adjacent to an activating group) is 1. The van der Waals surface area contributed by atoms with E-state index in [4.69, 9.17) is 4.74 Å². The molecule has 1 aromatic carbocycles. The fourth-order valence-electron chi connectivity index (χ4n) is 2.75. The van der Waals surface area contributed by atoms with E-state index in [9.17, 15) is 4.79 Å². The Morgan fingerprint density at radius 2 is 2.10 bits per heavy atom. The molecule has 0 saturated carbocycles. The third-order valence-corrected chi connectivity index (χ3v) is 3.96. The second-order valence-corrected chi connectivity index (χ2v) is 5.33. The Morgan fingerprint density at radius 3 is 2.80 bits per heavy atom. The van der Waals surface area contributed by atoms with E-state index in [1.165, 1.54) is 0 Å². The van der Waals surface area contributed by atoms with Crippen molar-refractivity contribution >= 4 is 5.91 Å². The van der Waals surface area contributed by atoms with Crippen molar-refractivity contribution in [3.05, 3.63) is 29.8 Å². The number of benzene rings is 1. The number of hydrogen-bond acceptors (Lipinski definition) is 3.